The van der Waals surface area contributed by atoms with Crippen LogP contribution in [0.25, 0.3) is 16.3 Å². The average Bonchev–Trinajstić information content (AvgIpc) is 3.21. The Bertz CT molecular complexity index is 1380. The normalized spacial score (nSPS) is 23.9. The highest BCUT2D eigenvalue weighted by atomic mass is 35.5. The van der Waals surface area contributed by atoms with Crippen molar-refractivity contribution in [3.8, 4) is 10.8 Å². The van der Waals surface area contributed by atoms with Crippen LogP contribution in [0.3, 0.4) is 0 Å². The predicted octanol–water partition coefficient (Wildman–Crippen LogP) is 3.22. The molecule has 3 aromatic heterocycles. The minimum atomic E-state index is -3.86. The summed E-state index contributed by atoms with van der Waals surface area (Å²) in [6.45, 7) is 3.36. The number of aromatic nitrogens is 4. The molecule has 0 radical (unpaired) electrons. The summed E-state index contributed by atoms with van der Waals surface area (Å²) in [5.41, 5.74) is 0.722. The molecule has 1 saturated carbocycles. The fourth-order valence-corrected chi connectivity index (χ4v) is 7.17. The summed E-state index contributed by atoms with van der Waals surface area (Å²) < 4.78 is 57.3. The summed E-state index contributed by atoms with van der Waals surface area (Å²) in [5, 5.41) is 10.8. The number of piperidine rings is 2. The lowest BCUT2D eigenvalue weighted by atomic mass is 9.92. The molecule has 1 aliphatic carbocycles. The molecule has 14 heteroatoms. The maximum atomic E-state index is 13.3. The van der Waals surface area contributed by atoms with Crippen LogP contribution in [0.4, 0.5) is 14.5 Å². The Morgan fingerprint density at radius 1 is 1.32 bits per heavy atom. The van der Waals surface area contributed by atoms with Gasteiger partial charge in [0.1, 0.15) is 10.4 Å². The van der Waals surface area contributed by atoms with Crippen molar-refractivity contribution in [1.82, 2.24) is 29.6 Å². The minimum absolute atomic E-state index is 0.0615. The van der Waals surface area contributed by atoms with E-state index in [1.165, 1.54) is 6.20 Å². The number of hydrogen-bond donors (Lipinski definition) is 2. The maximum Gasteiger partial charge on any atom is 0.291 e. The monoisotopic (exact) mass is 529 g/mol. The van der Waals surface area contributed by atoms with E-state index in [0.717, 1.165) is 32.2 Å². The van der Waals surface area contributed by atoms with Gasteiger partial charge in [0, 0.05) is 36.9 Å². The summed E-state index contributed by atoms with van der Waals surface area (Å²) in [4.78, 5) is 6.64. The number of sulfonamides is 1. The van der Waals surface area contributed by atoms with E-state index < -0.39 is 27.0 Å². The number of pyridine rings is 1. The summed E-state index contributed by atoms with van der Waals surface area (Å²) in [7, 11) is -3.86. The number of nitrogens with zero attached hydrogens (tertiary/aromatic N) is 5. The van der Waals surface area contributed by atoms with Crippen LogP contribution in [0, 0.1) is 0 Å². The van der Waals surface area contributed by atoms with Crippen molar-refractivity contribution in [2.45, 2.75) is 61.6 Å². The van der Waals surface area contributed by atoms with Crippen LogP contribution in [-0.4, -0.2) is 58.7 Å². The number of hydrogen-bond acceptors (Lipinski definition) is 8. The Balaban J connectivity index is 1.55. The highest BCUT2D eigenvalue weighted by molar-refractivity contribution is 7.89. The molecule has 3 saturated heterocycles. The van der Waals surface area contributed by atoms with Gasteiger partial charge < -0.3 is 10.2 Å². The van der Waals surface area contributed by atoms with Crippen LogP contribution < -0.4 is 14.9 Å². The summed E-state index contributed by atoms with van der Waals surface area (Å²) in [5.74, 6) is 0.181. The van der Waals surface area contributed by atoms with Gasteiger partial charge in [-0.15, -0.1) is 10.2 Å². The lowest BCUT2D eigenvalue weighted by molar-refractivity contribution is 0.150. The van der Waals surface area contributed by atoms with E-state index in [9.17, 15) is 17.2 Å². The van der Waals surface area contributed by atoms with Crippen LogP contribution >= 0.6 is 22.9 Å². The topological polar surface area (TPSA) is 105 Å². The second kappa shape index (κ2) is 7.79. The van der Waals surface area contributed by atoms with E-state index in [1.807, 2.05) is 6.92 Å². The van der Waals surface area contributed by atoms with Crippen LogP contribution in [0.5, 0.6) is 0 Å². The highest BCUT2D eigenvalue weighted by Gasteiger charge is 2.42. The molecule has 4 fully saturated rings. The van der Waals surface area contributed by atoms with Crippen molar-refractivity contribution in [3.05, 3.63) is 22.4 Å². The third-order valence-corrected chi connectivity index (χ3v) is 9.61. The zero-order valence-corrected chi connectivity index (χ0v) is 20.5. The van der Waals surface area contributed by atoms with Gasteiger partial charge in [0.2, 0.25) is 10.0 Å². The first kappa shape index (κ1) is 22.5. The average molecular weight is 530 g/mol. The van der Waals surface area contributed by atoms with E-state index >= 15 is 0 Å². The number of piperazine rings is 1. The number of anilines is 1. The molecule has 3 aromatic rings. The molecule has 2 N–H and O–H groups in total. The molecular weight excluding hydrogens is 508 g/mol. The Labute approximate surface area is 203 Å². The Morgan fingerprint density at radius 3 is 2.71 bits per heavy atom. The van der Waals surface area contributed by atoms with Crippen LogP contribution in [-0.2, 0) is 10.0 Å². The quantitative estimate of drug-likeness (QED) is 0.505. The third-order valence-electron chi connectivity index (χ3n) is 6.81. The lowest BCUT2D eigenvalue weighted by Crippen LogP contribution is -2.61. The highest BCUT2D eigenvalue weighted by Crippen LogP contribution is 2.40. The predicted molar refractivity (Wildman–Crippen MR) is 124 cm³/mol. The van der Waals surface area contributed by atoms with Gasteiger partial charge >= 0.3 is 0 Å². The number of alkyl halides is 2. The molecule has 0 spiro atoms. The molecule has 0 aromatic carbocycles. The van der Waals surface area contributed by atoms with Gasteiger partial charge in [-0.05, 0) is 38.7 Å². The molecule has 2 bridgehead atoms. The van der Waals surface area contributed by atoms with Crippen molar-refractivity contribution in [2.24, 2.45) is 0 Å². The Kier molecular flexibility index (Phi) is 5.16. The van der Waals surface area contributed by atoms with Crippen LogP contribution in [0.15, 0.2) is 17.2 Å². The van der Waals surface area contributed by atoms with E-state index in [-0.39, 0.29) is 26.9 Å². The minimum Gasteiger partial charge on any atom is -0.364 e. The Morgan fingerprint density at radius 2 is 2.12 bits per heavy atom. The summed E-state index contributed by atoms with van der Waals surface area (Å²) >= 11 is 7.28. The van der Waals surface area contributed by atoms with Crippen molar-refractivity contribution in [3.63, 3.8) is 0 Å². The van der Waals surface area contributed by atoms with E-state index in [1.54, 1.807) is 10.5 Å². The summed E-state index contributed by atoms with van der Waals surface area (Å²) in [6, 6.07) is 2.13. The van der Waals surface area contributed by atoms with Gasteiger partial charge in [-0.25, -0.2) is 26.9 Å². The third kappa shape index (κ3) is 3.77. The molecule has 7 rings (SSSR count). The number of rotatable bonds is 6. The molecule has 4 aliphatic rings. The fraction of sp³-hybridized carbons (Fsp3) is 0.550. The van der Waals surface area contributed by atoms with Crippen LogP contribution in [0.1, 0.15) is 44.0 Å². The lowest BCUT2D eigenvalue weighted by Gasteiger charge is -2.47. The van der Waals surface area contributed by atoms with Crippen molar-refractivity contribution >= 4 is 44.2 Å². The molecule has 0 amide bonds. The first-order valence-electron chi connectivity index (χ1n) is 11.0. The molecule has 9 nitrogen and oxygen atoms in total. The van der Waals surface area contributed by atoms with Gasteiger partial charge in [-0.3, -0.25) is 4.40 Å². The first-order valence-corrected chi connectivity index (χ1v) is 13.7. The summed E-state index contributed by atoms with van der Waals surface area (Å²) in [6.07, 6.45) is 2.24. The van der Waals surface area contributed by atoms with Gasteiger partial charge in [-0.2, -0.15) is 0 Å². The van der Waals surface area contributed by atoms with E-state index in [4.69, 9.17) is 11.6 Å². The fourth-order valence-electron chi connectivity index (χ4n) is 4.73. The van der Waals surface area contributed by atoms with E-state index in [0.29, 0.717) is 35.1 Å². The molecule has 2 atom stereocenters. The number of imidazole rings is 1. The van der Waals surface area contributed by atoms with Gasteiger partial charge in [0.15, 0.2) is 21.0 Å². The van der Waals surface area contributed by atoms with Crippen molar-refractivity contribution in [2.75, 3.05) is 18.0 Å². The van der Waals surface area contributed by atoms with E-state index in [2.05, 4.69) is 30.1 Å². The zero-order valence-electron chi connectivity index (χ0n) is 18.1. The van der Waals surface area contributed by atoms with Crippen molar-refractivity contribution in [1.29, 1.82) is 0 Å². The maximum absolute atomic E-state index is 13.3. The van der Waals surface area contributed by atoms with Crippen molar-refractivity contribution < 1.29 is 17.2 Å². The number of fused-ring (bicyclic) bond motifs is 4. The molecule has 2 unspecified atom stereocenters. The largest absolute Gasteiger partial charge is 0.364 e. The zero-order chi connectivity index (χ0) is 23.8. The number of halogens is 3. The van der Waals surface area contributed by atoms with Gasteiger partial charge in [0.25, 0.3) is 6.43 Å². The molecule has 182 valence electrons. The molecule has 34 heavy (non-hydrogen) atoms. The standard InChI is InChI=1S/C20H22ClF2N7O2S2/c1-20(4-5-20)28-34(31,32)12-6-13(29-8-10-2-3-11(29)7-24-10)14-15(21)25-17(30(14)9-12)19-27-26-18(33-19)16(22)23/h6,9-11,16,24,28H,2-5,7-8H2,1H3. The first-order chi connectivity index (χ1) is 16.1. The second-order valence-electron chi connectivity index (χ2n) is 9.41. The Hall–Kier alpha value is -1.93. The molecule has 3 aliphatic heterocycles. The van der Waals surface area contributed by atoms with Crippen LogP contribution in [0.2, 0.25) is 5.15 Å². The smallest absolute Gasteiger partial charge is 0.291 e. The number of nitrogens with one attached hydrogen (secondary N) is 2. The second-order valence-corrected chi connectivity index (χ2v) is 12.5. The SMILES string of the molecule is CC1(NS(=O)(=O)c2cc(N3CC4CCC3CN4)c3c(Cl)nc(-c4nnc(C(F)F)s4)n3c2)CC1. The van der Waals surface area contributed by atoms with Gasteiger partial charge in [0.05, 0.1) is 5.69 Å². The molecule has 6 heterocycles. The molecular formula is C20H22ClF2N7O2S2. The van der Waals surface area contributed by atoms with Gasteiger partial charge in [-0.1, -0.05) is 22.9 Å².